The van der Waals surface area contributed by atoms with Crippen molar-refractivity contribution in [2.24, 2.45) is 0 Å². The Bertz CT molecular complexity index is 197. The van der Waals surface area contributed by atoms with E-state index in [0.717, 1.165) is 0 Å². The van der Waals surface area contributed by atoms with Crippen LogP contribution in [0.1, 0.15) is 27.7 Å². The Morgan fingerprint density at radius 3 is 2.07 bits per heavy atom. The van der Waals surface area contributed by atoms with E-state index in [-0.39, 0.29) is 5.78 Å². The smallest absolute Gasteiger partial charge is 0.507 e. The van der Waals surface area contributed by atoms with Gasteiger partial charge in [0.05, 0.1) is 5.76 Å². The van der Waals surface area contributed by atoms with E-state index in [4.69, 9.17) is 13.3 Å². The fourth-order valence-corrected chi connectivity index (χ4v) is 2.01. The zero-order valence-corrected chi connectivity index (χ0v) is 10.4. The molecule has 5 heteroatoms. The lowest BCUT2D eigenvalue weighted by molar-refractivity contribution is -0.112. The molecule has 0 aromatic carbocycles. The first-order valence-electron chi connectivity index (χ1n) is 4.68. The fraction of sp³-hybridized carbons (Fsp3) is 0.667. The molecule has 0 amide bonds. The minimum atomic E-state index is -2.07. The molecule has 14 heavy (non-hydrogen) atoms. The van der Waals surface area contributed by atoms with E-state index < -0.39 is 9.53 Å². The molecule has 0 N–H and O–H groups in total. The fourth-order valence-electron chi connectivity index (χ4n) is 0.860. The van der Waals surface area contributed by atoms with Gasteiger partial charge >= 0.3 is 9.53 Å². The van der Waals surface area contributed by atoms with Gasteiger partial charge in [-0.3, -0.25) is 4.79 Å². The second-order valence-corrected chi connectivity index (χ2v) is 4.16. The maximum atomic E-state index is 10.7. The number of carbonyl (C=O) groups is 1. The van der Waals surface area contributed by atoms with Crippen LogP contribution in [0.5, 0.6) is 0 Å². The number of rotatable bonds is 7. The molecule has 0 fully saturated rings. The van der Waals surface area contributed by atoms with Gasteiger partial charge in [0.25, 0.3) is 0 Å². The van der Waals surface area contributed by atoms with Crippen LogP contribution in [0.2, 0.25) is 0 Å². The number of hydrogen-bond acceptors (Lipinski definition) is 4. The summed E-state index contributed by atoms with van der Waals surface area (Å²) >= 11 is 0. The quantitative estimate of drug-likeness (QED) is 0.367. The predicted molar refractivity (Wildman–Crippen MR) is 55.9 cm³/mol. The molecule has 0 atom stereocenters. The van der Waals surface area contributed by atoms with Crippen LogP contribution in [0, 0.1) is 0 Å². The number of hydrogen-bond donors (Lipinski definition) is 0. The molecule has 0 saturated carbocycles. The first-order chi connectivity index (χ1) is 6.60. The van der Waals surface area contributed by atoms with E-state index in [1.165, 1.54) is 13.0 Å². The maximum Gasteiger partial charge on any atom is 0.549 e. The third-order valence-electron chi connectivity index (χ3n) is 1.29. The highest BCUT2D eigenvalue weighted by atomic mass is 28.3. The van der Waals surface area contributed by atoms with Crippen LogP contribution in [0.4, 0.5) is 0 Å². The minimum absolute atomic E-state index is 0.0387. The van der Waals surface area contributed by atoms with Crippen molar-refractivity contribution in [1.82, 2.24) is 0 Å². The third kappa shape index (κ3) is 6.82. The van der Waals surface area contributed by atoms with Gasteiger partial charge in [-0.2, -0.15) is 0 Å². The number of ketones is 1. The first-order valence-corrected chi connectivity index (χ1v) is 6.10. The van der Waals surface area contributed by atoms with Crippen molar-refractivity contribution in [3.05, 3.63) is 11.8 Å². The molecule has 0 bridgehead atoms. The molecule has 0 rings (SSSR count). The Balaban J connectivity index is 4.07. The molecule has 82 valence electrons. The lowest BCUT2D eigenvalue weighted by atomic mass is 10.4. The van der Waals surface area contributed by atoms with Crippen LogP contribution in [0.3, 0.4) is 0 Å². The van der Waals surface area contributed by atoms with E-state index in [0.29, 0.717) is 19.0 Å². The van der Waals surface area contributed by atoms with Crippen molar-refractivity contribution >= 4 is 15.3 Å². The lowest BCUT2D eigenvalue weighted by Crippen LogP contribution is -2.26. The first kappa shape index (κ1) is 13.3. The summed E-state index contributed by atoms with van der Waals surface area (Å²) in [5, 5.41) is 0. The summed E-state index contributed by atoms with van der Waals surface area (Å²) in [6.45, 7) is 8.08. The van der Waals surface area contributed by atoms with Crippen molar-refractivity contribution in [1.29, 1.82) is 0 Å². The summed E-state index contributed by atoms with van der Waals surface area (Å²) in [5.74, 6) is 0.513. The summed E-state index contributed by atoms with van der Waals surface area (Å²) in [6, 6.07) is 0. The van der Waals surface area contributed by atoms with Crippen LogP contribution >= 0.6 is 0 Å². The van der Waals surface area contributed by atoms with Gasteiger partial charge in [-0.05, 0) is 27.7 Å². The Morgan fingerprint density at radius 1 is 1.21 bits per heavy atom. The Labute approximate surface area is 86.8 Å². The SMILES string of the molecule is CCO[SiH](OCC)OC(C)=CC(C)=O. The molecular weight excluding hydrogens is 200 g/mol. The van der Waals surface area contributed by atoms with Gasteiger partial charge in [-0.25, -0.2) is 0 Å². The Morgan fingerprint density at radius 2 is 1.71 bits per heavy atom. The van der Waals surface area contributed by atoms with Crippen molar-refractivity contribution in [3.63, 3.8) is 0 Å². The van der Waals surface area contributed by atoms with E-state index >= 15 is 0 Å². The lowest BCUT2D eigenvalue weighted by Gasteiger charge is -2.15. The molecule has 0 aromatic heterocycles. The zero-order valence-electron chi connectivity index (χ0n) is 9.20. The summed E-state index contributed by atoms with van der Waals surface area (Å²) in [4.78, 5) is 10.7. The van der Waals surface area contributed by atoms with Crippen LogP contribution in [-0.2, 0) is 18.1 Å². The molecule has 0 aliphatic heterocycles. The Hall–Kier alpha value is -0.653. The summed E-state index contributed by atoms with van der Waals surface area (Å²) in [7, 11) is -2.07. The van der Waals surface area contributed by atoms with Gasteiger partial charge < -0.3 is 13.3 Å². The normalized spacial score (nSPS) is 11.9. The molecule has 0 aliphatic rings. The van der Waals surface area contributed by atoms with E-state index in [9.17, 15) is 4.79 Å². The van der Waals surface area contributed by atoms with Gasteiger partial charge in [0.1, 0.15) is 0 Å². The zero-order chi connectivity index (χ0) is 11.0. The van der Waals surface area contributed by atoms with Gasteiger partial charge in [0.2, 0.25) is 0 Å². The van der Waals surface area contributed by atoms with Crippen molar-refractivity contribution in [2.45, 2.75) is 27.7 Å². The summed E-state index contributed by atoms with van der Waals surface area (Å²) in [6.07, 6.45) is 1.43. The molecular formula is C9H18O4Si. The predicted octanol–water partition coefficient (Wildman–Crippen LogP) is 1.29. The van der Waals surface area contributed by atoms with Gasteiger partial charge in [0, 0.05) is 19.3 Å². The minimum Gasteiger partial charge on any atom is -0.507 e. The standard InChI is InChI=1S/C9H18O4Si/c1-5-11-14(12-6-2)13-9(4)7-8(3)10/h7,14H,5-6H2,1-4H3. The number of carbonyl (C=O) groups excluding carboxylic acids is 1. The molecule has 0 spiro atoms. The van der Waals surface area contributed by atoms with E-state index in [1.54, 1.807) is 6.92 Å². The molecule has 0 aliphatic carbocycles. The van der Waals surface area contributed by atoms with Crippen LogP contribution in [-0.4, -0.2) is 28.5 Å². The van der Waals surface area contributed by atoms with E-state index in [2.05, 4.69) is 0 Å². The van der Waals surface area contributed by atoms with Gasteiger partial charge in [-0.1, -0.05) is 0 Å². The molecule has 0 saturated heterocycles. The third-order valence-corrected chi connectivity index (χ3v) is 3.07. The monoisotopic (exact) mass is 218 g/mol. The van der Waals surface area contributed by atoms with E-state index in [1.807, 2.05) is 13.8 Å². The average Bonchev–Trinajstić information content (AvgIpc) is 2.03. The average molecular weight is 218 g/mol. The molecule has 0 radical (unpaired) electrons. The molecule has 0 unspecified atom stereocenters. The van der Waals surface area contributed by atoms with Crippen LogP contribution in [0.15, 0.2) is 11.8 Å². The highest BCUT2D eigenvalue weighted by Crippen LogP contribution is 2.02. The second kappa shape index (κ2) is 7.72. The van der Waals surface area contributed by atoms with Crippen molar-refractivity contribution in [3.8, 4) is 0 Å². The largest absolute Gasteiger partial charge is 0.549 e. The molecule has 4 nitrogen and oxygen atoms in total. The summed E-state index contributed by atoms with van der Waals surface area (Å²) < 4.78 is 15.9. The highest BCUT2D eigenvalue weighted by molar-refractivity contribution is 6.36. The number of allylic oxidation sites excluding steroid dienone is 2. The second-order valence-electron chi connectivity index (χ2n) is 2.68. The topological polar surface area (TPSA) is 44.8 Å². The van der Waals surface area contributed by atoms with Gasteiger partial charge in [-0.15, -0.1) is 0 Å². The molecule has 0 heterocycles. The van der Waals surface area contributed by atoms with Gasteiger partial charge in [0.15, 0.2) is 5.78 Å². The molecule has 0 aromatic rings. The maximum absolute atomic E-state index is 10.7. The van der Waals surface area contributed by atoms with Crippen molar-refractivity contribution in [2.75, 3.05) is 13.2 Å². The highest BCUT2D eigenvalue weighted by Gasteiger charge is 2.15. The van der Waals surface area contributed by atoms with Crippen LogP contribution < -0.4 is 0 Å². The summed E-state index contributed by atoms with van der Waals surface area (Å²) in [5.41, 5.74) is 0. The van der Waals surface area contributed by atoms with Crippen LogP contribution in [0.25, 0.3) is 0 Å². The Kier molecular flexibility index (Phi) is 7.36. The van der Waals surface area contributed by atoms with Crippen molar-refractivity contribution < 1.29 is 18.1 Å².